The summed E-state index contributed by atoms with van der Waals surface area (Å²) in [6.45, 7) is 7.73. The van der Waals surface area contributed by atoms with Crippen LogP contribution in [0.1, 0.15) is 42.9 Å². The Labute approximate surface area is 161 Å². The Morgan fingerprint density at radius 1 is 1.07 bits per heavy atom. The van der Waals surface area contributed by atoms with Crippen molar-refractivity contribution in [2.24, 2.45) is 0 Å². The summed E-state index contributed by atoms with van der Waals surface area (Å²) in [7, 11) is -3.84. The first kappa shape index (κ1) is 20.9. The molecule has 0 aliphatic heterocycles. The van der Waals surface area contributed by atoms with Gasteiger partial charge in [-0.2, -0.15) is 0 Å². The van der Waals surface area contributed by atoms with Crippen LogP contribution >= 0.6 is 0 Å². The van der Waals surface area contributed by atoms with Crippen molar-refractivity contribution in [3.63, 3.8) is 0 Å². The van der Waals surface area contributed by atoms with Crippen molar-refractivity contribution in [3.05, 3.63) is 59.2 Å². The molecule has 7 heteroatoms. The molecule has 0 bridgehead atoms. The number of hydrogen-bond acceptors (Lipinski definition) is 4. The number of ether oxygens (including phenoxy) is 1. The van der Waals surface area contributed by atoms with Gasteiger partial charge in [0.05, 0.1) is 4.90 Å². The normalized spacial score (nSPS) is 12.4. The minimum absolute atomic E-state index is 0.0880. The highest BCUT2D eigenvalue weighted by Crippen LogP contribution is 2.20. The fourth-order valence-electron chi connectivity index (χ4n) is 2.60. The Bertz CT molecular complexity index is 872. The summed E-state index contributed by atoms with van der Waals surface area (Å²) >= 11 is 0. The lowest BCUT2D eigenvalue weighted by Crippen LogP contribution is -2.43. The summed E-state index contributed by atoms with van der Waals surface area (Å²) in [4.78, 5) is 14.1. The standard InChI is InChI=1S/C20H26N2O4S/c1-5-16(4)17-6-8-19(9-7-17)27(24,25)22-21-20(23)13-26-18-11-14(2)10-15(3)12-18/h6-12,16,22H,5,13H2,1-4H3,(H,21,23)/t16-/m1/s1. The van der Waals surface area contributed by atoms with Gasteiger partial charge in [-0.15, -0.1) is 4.83 Å². The van der Waals surface area contributed by atoms with Crippen LogP contribution in [0, 0.1) is 13.8 Å². The Morgan fingerprint density at radius 3 is 2.22 bits per heavy atom. The second-order valence-electron chi connectivity index (χ2n) is 6.64. The Morgan fingerprint density at radius 2 is 1.67 bits per heavy atom. The van der Waals surface area contributed by atoms with E-state index in [1.807, 2.05) is 32.0 Å². The number of sulfonamides is 1. The van der Waals surface area contributed by atoms with Gasteiger partial charge in [0.1, 0.15) is 5.75 Å². The molecule has 27 heavy (non-hydrogen) atoms. The molecular formula is C20H26N2O4S. The lowest BCUT2D eigenvalue weighted by molar-refractivity contribution is -0.123. The van der Waals surface area contributed by atoms with Crippen LogP contribution in [-0.2, 0) is 14.8 Å². The third kappa shape index (κ3) is 6.08. The zero-order valence-electron chi connectivity index (χ0n) is 16.1. The number of nitrogens with one attached hydrogen (secondary N) is 2. The molecule has 2 N–H and O–H groups in total. The van der Waals surface area contributed by atoms with Gasteiger partial charge in [-0.3, -0.25) is 10.2 Å². The quantitative estimate of drug-likeness (QED) is 0.678. The van der Waals surface area contributed by atoms with Crippen LogP contribution in [0.3, 0.4) is 0 Å². The summed E-state index contributed by atoms with van der Waals surface area (Å²) in [5.74, 6) is 0.330. The maximum absolute atomic E-state index is 12.3. The highest BCUT2D eigenvalue weighted by atomic mass is 32.2. The number of carbonyl (C=O) groups excluding carboxylic acids is 1. The van der Waals surface area contributed by atoms with Gasteiger partial charge < -0.3 is 4.74 Å². The summed E-state index contributed by atoms with van der Waals surface area (Å²) in [5.41, 5.74) is 5.28. The van der Waals surface area contributed by atoms with E-state index in [4.69, 9.17) is 4.74 Å². The molecule has 0 radical (unpaired) electrons. The average Bonchev–Trinajstić information content (AvgIpc) is 2.63. The molecule has 0 saturated heterocycles. The van der Waals surface area contributed by atoms with E-state index in [0.717, 1.165) is 23.1 Å². The fourth-order valence-corrected chi connectivity index (χ4v) is 3.46. The molecule has 0 saturated carbocycles. The van der Waals surface area contributed by atoms with Crippen molar-refractivity contribution < 1.29 is 17.9 Å². The van der Waals surface area contributed by atoms with Crippen LogP contribution in [0.15, 0.2) is 47.4 Å². The predicted octanol–water partition coefficient (Wildman–Crippen LogP) is 3.21. The third-order valence-electron chi connectivity index (χ3n) is 4.26. The predicted molar refractivity (Wildman–Crippen MR) is 105 cm³/mol. The van der Waals surface area contributed by atoms with E-state index in [1.165, 1.54) is 12.1 Å². The van der Waals surface area contributed by atoms with E-state index in [2.05, 4.69) is 24.1 Å². The maximum atomic E-state index is 12.3. The first-order valence-corrected chi connectivity index (χ1v) is 10.3. The van der Waals surface area contributed by atoms with Gasteiger partial charge in [0.25, 0.3) is 15.9 Å². The molecule has 0 fully saturated rings. The van der Waals surface area contributed by atoms with Crippen LogP contribution in [-0.4, -0.2) is 20.9 Å². The molecule has 1 amide bonds. The minimum Gasteiger partial charge on any atom is -0.484 e. The summed E-state index contributed by atoms with van der Waals surface area (Å²) in [6, 6.07) is 12.2. The molecule has 0 aliphatic rings. The van der Waals surface area contributed by atoms with E-state index in [0.29, 0.717) is 11.7 Å². The number of amides is 1. The van der Waals surface area contributed by atoms with E-state index >= 15 is 0 Å². The van der Waals surface area contributed by atoms with Crippen LogP contribution in [0.4, 0.5) is 0 Å². The van der Waals surface area contributed by atoms with Crippen LogP contribution in [0.5, 0.6) is 5.75 Å². The van der Waals surface area contributed by atoms with Crippen molar-refractivity contribution in [2.45, 2.75) is 44.9 Å². The first-order valence-electron chi connectivity index (χ1n) is 8.83. The van der Waals surface area contributed by atoms with Gasteiger partial charge in [0.2, 0.25) is 0 Å². The summed E-state index contributed by atoms with van der Waals surface area (Å²) in [5, 5.41) is 0. The Hall–Kier alpha value is -2.38. The molecule has 0 aromatic heterocycles. The highest BCUT2D eigenvalue weighted by Gasteiger charge is 2.16. The molecule has 6 nitrogen and oxygen atoms in total. The topological polar surface area (TPSA) is 84.5 Å². The molecule has 2 aromatic carbocycles. The first-order chi connectivity index (χ1) is 12.7. The third-order valence-corrected chi connectivity index (χ3v) is 5.53. The van der Waals surface area contributed by atoms with Crippen molar-refractivity contribution >= 4 is 15.9 Å². The number of aryl methyl sites for hydroxylation is 2. The van der Waals surface area contributed by atoms with Crippen molar-refractivity contribution in [2.75, 3.05) is 6.61 Å². The molecule has 0 heterocycles. The van der Waals surface area contributed by atoms with Crippen LogP contribution < -0.4 is 15.0 Å². The largest absolute Gasteiger partial charge is 0.484 e. The summed E-state index contributed by atoms with van der Waals surface area (Å²) in [6.07, 6.45) is 0.973. The van der Waals surface area contributed by atoms with Gasteiger partial charge in [-0.1, -0.05) is 32.0 Å². The molecule has 0 unspecified atom stereocenters. The molecule has 0 spiro atoms. The second kappa shape index (κ2) is 9.01. The number of rotatable bonds is 8. The number of carbonyl (C=O) groups is 1. The number of hydrogen-bond donors (Lipinski definition) is 2. The summed E-state index contributed by atoms with van der Waals surface area (Å²) < 4.78 is 30.0. The lowest BCUT2D eigenvalue weighted by atomic mass is 9.99. The fraction of sp³-hybridized carbons (Fsp3) is 0.350. The Kier molecular flexibility index (Phi) is 6.98. The maximum Gasteiger partial charge on any atom is 0.272 e. The molecule has 146 valence electrons. The van der Waals surface area contributed by atoms with E-state index in [1.54, 1.807) is 12.1 Å². The lowest BCUT2D eigenvalue weighted by Gasteiger charge is -2.12. The number of benzene rings is 2. The van der Waals surface area contributed by atoms with E-state index in [9.17, 15) is 13.2 Å². The molecule has 2 rings (SSSR count). The van der Waals surface area contributed by atoms with E-state index < -0.39 is 15.9 Å². The monoisotopic (exact) mass is 390 g/mol. The van der Waals surface area contributed by atoms with Gasteiger partial charge in [-0.25, -0.2) is 8.42 Å². The molecule has 0 aliphatic carbocycles. The Balaban J connectivity index is 1.91. The number of hydrazine groups is 1. The van der Waals surface area contributed by atoms with Crippen molar-refractivity contribution in [1.29, 1.82) is 0 Å². The van der Waals surface area contributed by atoms with E-state index in [-0.39, 0.29) is 11.5 Å². The second-order valence-corrected chi connectivity index (χ2v) is 8.33. The molecule has 2 aromatic rings. The van der Waals surface area contributed by atoms with Crippen LogP contribution in [0.25, 0.3) is 0 Å². The average molecular weight is 391 g/mol. The highest BCUT2D eigenvalue weighted by molar-refractivity contribution is 7.89. The zero-order chi connectivity index (χ0) is 20.0. The molecule has 1 atom stereocenters. The van der Waals surface area contributed by atoms with Gasteiger partial charge >= 0.3 is 0 Å². The van der Waals surface area contributed by atoms with Gasteiger partial charge in [0.15, 0.2) is 6.61 Å². The van der Waals surface area contributed by atoms with Crippen molar-refractivity contribution in [1.82, 2.24) is 10.3 Å². The minimum atomic E-state index is -3.84. The van der Waals surface area contributed by atoms with Crippen molar-refractivity contribution in [3.8, 4) is 5.75 Å². The smallest absolute Gasteiger partial charge is 0.272 e. The SMILES string of the molecule is CC[C@@H](C)c1ccc(S(=O)(=O)NNC(=O)COc2cc(C)cc(C)c2)cc1. The van der Waals surface area contributed by atoms with Gasteiger partial charge in [0, 0.05) is 0 Å². The van der Waals surface area contributed by atoms with Gasteiger partial charge in [-0.05, 0) is 67.1 Å². The zero-order valence-corrected chi connectivity index (χ0v) is 16.9. The molecular weight excluding hydrogens is 364 g/mol. The van der Waals surface area contributed by atoms with Crippen LogP contribution in [0.2, 0.25) is 0 Å².